The molecule has 4 aliphatic heterocycles. The van der Waals surface area contributed by atoms with Crippen LogP contribution < -0.4 is 0 Å². The number of aliphatic carboxylic acids is 1. The normalized spacial score (nSPS) is 24.7. The van der Waals surface area contributed by atoms with Crippen molar-refractivity contribution in [3.8, 4) is 0 Å². The average molecular weight is 645 g/mol. The molecule has 4 amide bonds. The Kier molecular flexibility index (Phi) is 14.7. The first-order chi connectivity index (χ1) is 22.3. The van der Waals surface area contributed by atoms with E-state index in [1.54, 1.807) is 14.7 Å². The SMILES string of the molecule is CCCCCCCCCCCCCCCC(=O)N1CCC[C@H]1C(=O)N1CCC[C@H]1C(=O)N1CCC[C@H]1C(=O)N1CCC[C@H]1C(=O)O. The number of likely N-dealkylation sites (tertiary alicyclic amines) is 4. The summed E-state index contributed by atoms with van der Waals surface area (Å²) in [6.07, 6.45) is 21.7. The van der Waals surface area contributed by atoms with E-state index in [-0.39, 0.29) is 23.6 Å². The Bertz CT molecular complexity index is 1040. The van der Waals surface area contributed by atoms with Gasteiger partial charge in [-0.15, -0.1) is 0 Å². The predicted molar refractivity (Wildman–Crippen MR) is 177 cm³/mol. The summed E-state index contributed by atoms with van der Waals surface area (Å²) in [6, 6.07) is -2.65. The molecule has 0 bridgehead atoms. The van der Waals surface area contributed by atoms with Crippen LogP contribution >= 0.6 is 0 Å². The fourth-order valence-electron chi connectivity index (χ4n) is 8.20. The smallest absolute Gasteiger partial charge is 0.326 e. The number of carboxylic acids is 1. The molecule has 10 heteroatoms. The highest BCUT2D eigenvalue weighted by Crippen LogP contribution is 2.30. The van der Waals surface area contributed by atoms with Crippen molar-refractivity contribution in [1.29, 1.82) is 0 Å². The monoisotopic (exact) mass is 644 g/mol. The van der Waals surface area contributed by atoms with Crippen LogP contribution in [0.15, 0.2) is 0 Å². The molecule has 10 nitrogen and oxygen atoms in total. The quantitative estimate of drug-likeness (QED) is 0.197. The molecule has 0 unspecified atom stereocenters. The van der Waals surface area contributed by atoms with Crippen molar-refractivity contribution in [2.45, 2.75) is 172 Å². The molecule has 0 spiro atoms. The lowest BCUT2D eigenvalue weighted by atomic mass is 10.0. The molecule has 46 heavy (non-hydrogen) atoms. The van der Waals surface area contributed by atoms with Gasteiger partial charge in [0.05, 0.1) is 0 Å². The van der Waals surface area contributed by atoms with Gasteiger partial charge in [0.15, 0.2) is 0 Å². The fourth-order valence-corrected chi connectivity index (χ4v) is 8.20. The summed E-state index contributed by atoms with van der Waals surface area (Å²) in [5.41, 5.74) is 0. The van der Waals surface area contributed by atoms with E-state index in [0.717, 1.165) is 25.7 Å². The van der Waals surface area contributed by atoms with Gasteiger partial charge < -0.3 is 24.7 Å². The van der Waals surface area contributed by atoms with Crippen LogP contribution in [0, 0.1) is 0 Å². The molecular formula is C36H60N4O6. The molecule has 4 aliphatic rings. The van der Waals surface area contributed by atoms with E-state index in [4.69, 9.17) is 0 Å². The number of carbonyl (C=O) groups is 5. The van der Waals surface area contributed by atoms with Crippen molar-refractivity contribution in [3.63, 3.8) is 0 Å². The maximum atomic E-state index is 13.9. The third-order valence-corrected chi connectivity index (χ3v) is 10.8. The second-order valence-electron chi connectivity index (χ2n) is 14.1. The Hall–Kier alpha value is -2.65. The minimum Gasteiger partial charge on any atom is -0.480 e. The largest absolute Gasteiger partial charge is 0.480 e. The molecule has 0 saturated carbocycles. The van der Waals surface area contributed by atoms with Crippen LogP contribution in [-0.4, -0.2) is 105 Å². The van der Waals surface area contributed by atoms with Gasteiger partial charge >= 0.3 is 5.97 Å². The molecule has 4 heterocycles. The molecule has 4 fully saturated rings. The molecule has 0 aliphatic carbocycles. The van der Waals surface area contributed by atoms with Crippen molar-refractivity contribution in [3.05, 3.63) is 0 Å². The van der Waals surface area contributed by atoms with Crippen LogP contribution in [0.3, 0.4) is 0 Å². The van der Waals surface area contributed by atoms with Crippen molar-refractivity contribution >= 4 is 29.6 Å². The van der Waals surface area contributed by atoms with Gasteiger partial charge in [0.2, 0.25) is 23.6 Å². The van der Waals surface area contributed by atoms with Gasteiger partial charge in [0.25, 0.3) is 0 Å². The average Bonchev–Trinajstić information content (AvgIpc) is 3.88. The molecule has 260 valence electrons. The van der Waals surface area contributed by atoms with Crippen molar-refractivity contribution in [2.24, 2.45) is 0 Å². The Morgan fingerprint density at radius 2 is 0.804 bits per heavy atom. The Morgan fingerprint density at radius 3 is 1.22 bits per heavy atom. The van der Waals surface area contributed by atoms with Crippen LogP contribution in [0.1, 0.15) is 148 Å². The topological polar surface area (TPSA) is 119 Å². The predicted octanol–water partition coefficient (Wildman–Crippen LogP) is 5.52. The standard InChI is InChI=1S/C36H60N4O6/c1-2-3-4-5-6-7-8-9-10-11-12-13-14-23-32(41)37-24-15-19-28(37)33(42)38-25-16-20-29(38)34(43)39-26-17-21-30(39)35(44)40-27-18-22-31(40)36(45)46/h28-31H,2-27H2,1H3,(H,45,46)/t28-,29-,30-,31-/m0/s1. The van der Waals surface area contributed by atoms with Gasteiger partial charge in [-0.05, 0) is 57.8 Å². The third-order valence-electron chi connectivity index (χ3n) is 10.8. The lowest BCUT2D eigenvalue weighted by molar-refractivity contribution is -0.154. The fraction of sp³-hybridized carbons (Fsp3) is 0.861. The maximum absolute atomic E-state index is 13.9. The third kappa shape index (κ3) is 9.46. The molecule has 4 atom stereocenters. The number of unbranched alkanes of at least 4 members (excludes halogenated alkanes) is 12. The van der Waals surface area contributed by atoms with Crippen molar-refractivity contribution in [2.75, 3.05) is 26.2 Å². The van der Waals surface area contributed by atoms with Crippen LogP contribution in [0.5, 0.6) is 0 Å². The maximum Gasteiger partial charge on any atom is 0.326 e. The van der Waals surface area contributed by atoms with Crippen LogP contribution in [-0.2, 0) is 24.0 Å². The summed E-state index contributed by atoms with van der Waals surface area (Å²) in [4.78, 5) is 72.5. The molecular weight excluding hydrogens is 584 g/mol. The van der Waals surface area contributed by atoms with Gasteiger partial charge in [-0.1, -0.05) is 84.0 Å². The molecule has 0 aromatic heterocycles. The minimum absolute atomic E-state index is 0.0461. The molecule has 4 saturated heterocycles. The zero-order valence-electron chi connectivity index (χ0n) is 28.5. The van der Waals surface area contributed by atoms with Crippen LogP contribution in [0.25, 0.3) is 0 Å². The zero-order chi connectivity index (χ0) is 32.9. The molecule has 1 N–H and O–H groups in total. The van der Waals surface area contributed by atoms with Crippen molar-refractivity contribution < 1.29 is 29.1 Å². The lowest BCUT2D eigenvalue weighted by Crippen LogP contribution is -2.56. The second-order valence-corrected chi connectivity index (χ2v) is 14.1. The summed E-state index contributed by atoms with van der Waals surface area (Å²) in [6.45, 7) is 4.15. The van der Waals surface area contributed by atoms with Gasteiger partial charge in [-0.2, -0.15) is 0 Å². The van der Waals surface area contributed by atoms with E-state index in [1.807, 2.05) is 0 Å². The van der Waals surface area contributed by atoms with Crippen LogP contribution in [0.4, 0.5) is 0 Å². The van der Waals surface area contributed by atoms with Gasteiger partial charge in [0, 0.05) is 32.6 Å². The van der Waals surface area contributed by atoms with E-state index in [2.05, 4.69) is 6.92 Å². The number of carboxylic acid groups (broad SMARTS) is 1. The van der Waals surface area contributed by atoms with E-state index < -0.39 is 30.1 Å². The highest BCUT2D eigenvalue weighted by Gasteiger charge is 2.47. The Labute approximate surface area is 276 Å². The first kappa shape index (κ1) is 36.2. The number of carbonyl (C=O) groups excluding carboxylic acids is 4. The number of nitrogens with zero attached hydrogens (tertiary/aromatic N) is 4. The van der Waals surface area contributed by atoms with E-state index in [1.165, 1.54) is 69.1 Å². The lowest BCUT2D eigenvalue weighted by Gasteiger charge is -2.35. The van der Waals surface area contributed by atoms with E-state index in [9.17, 15) is 29.1 Å². The molecule has 0 aromatic rings. The highest BCUT2D eigenvalue weighted by atomic mass is 16.4. The van der Waals surface area contributed by atoms with Gasteiger partial charge in [-0.3, -0.25) is 19.2 Å². The zero-order valence-corrected chi connectivity index (χ0v) is 28.5. The Balaban J connectivity index is 1.20. The highest BCUT2D eigenvalue weighted by molar-refractivity contribution is 5.96. The Morgan fingerprint density at radius 1 is 0.478 bits per heavy atom. The summed E-state index contributed by atoms with van der Waals surface area (Å²) >= 11 is 0. The number of hydrogen-bond acceptors (Lipinski definition) is 5. The molecule has 4 rings (SSSR count). The van der Waals surface area contributed by atoms with E-state index >= 15 is 0 Å². The minimum atomic E-state index is -1.00. The van der Waals surface area contributed by atoms with Crippen molar-refractivity contribution in [1.82, 2.24) is 19.6 Å². The summed E-state index contributed by atoms with van der Waals surface area (Å²) < 4.78 is 0. The summed E-state index contributed by atoms with van der Waals surface area (Å²) in [7, 11) is 0. The number of rotatable bonds is 18. The van der Waals surface area contributed by atoms with E-state index in [0.29, 0.717) is 77.5 Å². The number of hydrogen-bond donors (Lipinski definition) is 1. The first-order valence-electron chi connectivity index (χ1n) is 18.8. The first-order valence-corrected chi connectivity index (χ1v) is 18.8. The number of amides is 4. The van der Waals surface area contributed by atoms with Gasteiger partial charge in [-0.25, -0.2) is 4.79 Å². The summed E-state index contributed by atoms with van der Waals surface area (Å²) in [5, 5.41) is 9.58. The molecule has 0 radical (unpaired) electrons. The molecule has 0 aromatic carbocycles. The second kappa shape index (κ2) is 18.6. The van der Waals surface area contributed by atoms with Gasteiger partial charge in [0.1, 0.15) is 24.2 Å². The van der Waals surface area contributed by atoms with Crippen LogP contribution in [0.2, 0.25) is 0 Å². The summed E-state index contributed by atoms with van der Waals surface area (Å²) in [5.74, 6) is -1.59.